The molecule has 1 aromatic heterocycles. The molecule has 0 radical (unpaired) electrons. The fourth-order valence-corrected chi connectivity index (χ4v) is 7.35. The van der Waals surface area contributed by atoms with Crippen molar-refractivity contribution in [2.24, 2.45) is 0 Å². The van der Waals surface area contributed by atoms with Gasteiger partial charge in [0, 0.05) is 63.6 Å². The summed E-state index contributed by atoms with van der Waals surface area (Å²) < 4.78 is 32.0. The SMILES string of the molecule is COc1cc(N2CCC(N3CCN(C)CC3)CC2)ccc1Nc1ncc(C#N)c(Nc2cccc3c2N(S(C)(=O)=O)CC3)n1. The second kappa shape index (κ2) is 12.5. The quantitative estimate of drug-likeness (QED) is 0.386. The van der Waals surface area contributed by atoms with Gasteiger partial charge in [-0.25, -0.2) is 13.4 Å². The molecule has 44 heavy (non-hydrogen) atoms. The Hall–Kier alpha value is -4.12. The van der Waals surface area contributed by atoms with Gasteiger partial charge >= 0.3 is 0 Å². The van der Waals surface area contributed by atoms with Crippen molar-refractivity contribution in [3.05, 3.63) is 53.7 Å². The molecule has 0 unspecified atom stereocenters. The number of piperazine rings is 1. The number of rotatable bonds is 8. The van der Waals surface area contributed by atoms with E-state index in [4.69, 9.17) is 4.74 Å². The van der Waals surface area contributed by atoms with Crippen LogP contribution in [0.15, 0.2) is 42.6 Å². The van der Waals surface area contributed by atoms with E-state index in [1.165, 1.54) is 16.8 Å². The smallest absolute Gasteiger partial charge is 0.232 e. The zero-order valence-electron chi connectivity index (χ0n) is 25.5. The average Bonchev–Trinajstić information content (AvgIpc) is 3.48. The van der Waals surface area contributed by atoms with Crippen LogP contribution in [0.25, 0.3) is 0 Å². The normalized spacial score (nSPS) is 18.1. The highest BCUT2D eigenvalue weighted by atomic mass is 32.2. The van der Waals surface area contributed by atoms with Crippen molar-refractivity contribution in [2.75, 3.05) is 86.1 Å². The minimum absolute atomic E-state index is 0.236. The van der Waals surface area contributed by atoms with Gasteiger partial charge in [0.2, 0.25) is 16.0 Å². The minimum Gasteiger partial charge on any atom is -0.494 e. The molecule has 0 aliphatic carbocycles. The number of ether oxygens (including phenoxy) is 1. The first kappa shape index (κ1) is 29.9. The molecule has 6 rings (SSSR count). The second-order valence-corrected chi connectivity index (χ2v) is 13.6. The van der Waals surface area contributed by atoms with Crippen LogP contribution in [-0.2, 0) is 16.4 Å². The molecule has 2 N–H and O–H groups in total. The van der Waals surface area contributed by atoms with Crippen LogP contribution >= 0.6 is 0 Å². The van der Waals surface area contributed by atoms with Gasteiger partial charge in [-0.1, -0.05) is 12.1 Å². The highest BCUT2D eigenvalue weighted by molar-refractivity contribution is 7.92. The lowest BCUT2D eigenvalue weighted by atomic mass is 10.0. The Morgan fingerprint density at radius 1 is 1.00 bits per heavy atom. The third kappa shape index (κ3) is 6.24. The Balaban J connectivity index is 1.17. The number of nitriles is 1. The Kier molecular flexibility index (Phi) is 8.48. The van der Waals surface area contributed by atoms with Gasteiger partial charge < -0.3 is 25.2 Å². The van der Waals surface area contributed by atoms with E-state index in [1.807, 2.05) is 24.3 Å². The van der Waals surface area contributed by atoms with Gasteiger partial charge in [0.05, 0.1) is 36.6 Å². The second-order valence-electron chi connectivity index (χ2n) is 11.7. The van der Waals surface area contributed by atoms with E-state index >= 15 is 0 Å². The minimum atomic E-state index is -3.46. The summed E-state index contributed by atoms with van der Waals surface area (Å²) in [5, 5.41) is 16.2. The molecule has 3 aromatic rings. The number of benzene rings is 2. The number of piperidine rings is 1. The van der Waals surface area contributed by atoms with E-state index < -0.39 is 10.0 Å². The summed E-state index contributed by atoms with van der Waals surface area (Å²) in [7, 11) is 0.372. The average molecular weight is 618 g/mol. The highest BCUT2D eigenvalue weighted by Gasteiger charge is 2.30. The van der Waals surface area contributed by atoms with E-state index in [-0.39, 0.29) is 17.3 Å². The van der Waals surface area contributed by atoms with Crippen molar-refractivity contribution in [2.45, 2.75) is 25.3 Å². The number of nitrogens with zero attached hydrogens (tertiary/aromatic N) is 7. The predicted molar refractivity (Wildman–Crippen MR) is 173 cm³/mol. The molecular weight excluding hydrogens is 578 g/mol. The van der Waals surface area contributed by atoms with Crippen LogP contribution in [0.2, 0.25) is 0 Å². The number of anilines is 6. The third-order valence-corrected chi connectivity index (χ3v) is 10.00. The molecule has 0 spiro atoms. The topological polar surface area (TPSA) is 130 Å². The van der Waals surface area contributed by atoms with E-state index in [2.05, 4.69) is 54.5 Å². The van der Waals surface area contributed by atoms with Gasteiger partial charge in [0.15, 0.2) is 5.82 Å². The van der Waals surface area contributed by atoms with E-state index in [0.717, 1.165) is 63.4 Å². The van der Waals surface area contributed by atoms with Crippen LogP contribution in [0.4, 0.5) is 34.5 Å². The van der Waals surface area contributed by atoms with Crippen LogP contribution in [0, 0.1) is 11.3 Å². The van der Waals surface area contributed by atoms with Crippen molar-refractivity contribution < 1.29 is 13.2 Å². The number of methoxy groups -OCH3 is 1. The summed E-state index contributed by atoms with van der Waals surface area (Å²) in [5.41, 5.74) is 4.10. The summed E-state index contributed by atoms with van der Waals surface area (Å²) in [4.78, 5) is 16.4. The van der Waals surface area contributed by atoms with Gasteiger partial charge in [-0.05, 0) is 50.1 Å². The Morgan fingerprint density at radius 2 is 1.77 bits per heavy atom. The van der Waals surface area contributed by atoms with Crippen molar-refractivity contribution in [1.82, 2.24) is 19.8 Å². The summed E-state index contributed by atoms with van der Waals surface area (Å²) >= 11 is 0. The van der Waals surface area contributed by atoms with Gasteiger partial charge in [-0.3, -0.25) is 9.21 Å². The largest absolute Gasteiger partial charge is 0.494 e. The zero-order valence-corrected chi connectivity index (χ0v) is 26.3. The Labute approximate surface area is 259 Å². The van der Waals surface area contributed by atoms with Crippen molar-refractivity contribution in [1.29, 1.82) is 5.26 Å². The molecule has 2 aromatic carbocycles. The maximum absolute atomic E-state index is 12.4. The number of sulfonamides is 1. The molecule has 12 nitrogen and oxygen atoms in total. The van der Waals surface area contributed by atoms with Crippen molar-refractivity contribution in [3.63, 3.8) is 0 Å². The third-order valence-electron chi connectivity index (χ3n) is 8.83. The van der Waals surface area contributed by atoms with E-state index in [0.29, 0.717) is 41.8 Å². The molecule has 232 valence electrons. The van der Waals surface area contributed by atoms with Gasteiger partial charge in [-0.15, -0.1) is 0 Å². The van der Waals surface area contributed by atoms with Gasteiger partial charge in [0.25, 0.3) is 0 Å². The lowest BCUT2D eigenvalue weighted by molar-refractivity contribution is 0.0982. The van der Waals surface area contributed by atoms with Gasteiger partial charge in [0.1, 0.15) is 17.4 Å². The van der Waals surface area contributed by atoms with Crippen LogP contribution < -0.4 is 24.6 Å². The highest BCUT2D eigenvalue weighted by Crippen LogP contribution is 2.39. The first-order valence-electron chi connectivity index (χ1n) is 15.0. The lowest BCUT2D eigenvalue weighted by Gasteiger charge is -2.42. The van der Waals surface area contributed by atoms with Gasteiger partial charge in [-0.2, -0.15) is 10.2 Å². The van der Waals surface area contributed by atoms with Crippen LogP contribution in [0.5, 0.6) is 5.75 Å². The molecular formula is C31H39N9O3S. The Morgan fingerprint density at radius 3 is 2.48 bits per heavy atom. The van der Waals surface area contributed by atoms with Crippen molar-refractivity contribution >= 4 is 44.5 Å². The molecule has 13 heteroatoms. The standard InChI is InChI=1S/C31H39N9O3S/c1-37-15-17-39(18-16-37)24-10-12-38(13-11-24)25-7-8-26(28(19-25)43-2)35-31-33-21-23(20-32)30(36-31)34-27-6-4-5-22-9-14-40(29(22)27)44(3,41)42/h4-8,19,21,24H,9-18H2,1-3H3,(H2,33,34,35,36). The number of hydrogen-bond donors (Lipinski definition) is 2. The maximum Gasteiger partial charge on any atom is 0.232 e. The molecule has 0 amide bonds. The number of nitrogens with one attached hydrogen (secondary N) is 2. The van der Waals surface area contributed by atoms with E-state index in [9.17, 15) is 13.7 Å². The van der Waals surface area contributed by atoms with Crippen LogP contribution in [0.1, 0.15) is 24.0 Å². The van der Waals surface area contributed by atoms with Crippen molar-refractivity contribution in [3.8, 4) is 11.8 Å². The molecule has 0 bridgehead atoms. The summed E-state index contributed by atoms with van der Waals surface area (Å²) in [6.07, 6.45) is 5.55. The fraction of sp³-hybridized carbons (Fsp3) is 0.452. The predicted octanol–water partition coefficient (Wildman–Crippen LogP) is 3.38. The molecule has 0 saturated carbocycles. The molecule has 2 saturated heterocycles. The van der Waals surface area contributed by atoms with E-state index in [1.54, 1.807) is 13.2 Å². The van der Waals surface area contributed by atoms with Crippen LogP contribution in [-0.4, -0.2) is 100 Å². The molecule has 3 aliphatic rings. The summed E-state index contributed by atoms with van der Waals surface area (Å²) in [6.45, 7) is 6.96. The molecule has 3 aliphatic heterocycles. The number of fused-ring (bicyclic) bond motifs is 1. The number of para-hydroxylation sites is 1. The molecule has 2 fully saturated rings. The first-order valence-corrected chi connectivity index (χ1v) is 16.8. The molecule has 0 atom stereocenters. The zero-order chi connectivity index (χ0) is 30.8. The summed E-state index contributed by atoms with van der Waals surface area (Å²) in [6, 6.07) is 14.4. The number of aromatic nitrogens is 2. The molecule has 4 heterocycles. The monoisotopic (exact) mass is 617 g/mol. The fourth-order valence-electron chi connectivity index (χ4n) is 6.38. The number of likely N-dealkylation sites (N-methyl/N-ethyl adjacent to an activating group) is 1. The number of hydrogen-bond acceptors (Lipinski definition) is 11. The lowest BCUT2D eigenvalue weighted by Crippen LogP contribution is -2.52. The first-order chi connectivity index (χ1) is 21.2. The Bertz CT molecular complexity index is 1660. The maximum atomic E-state index is 12.4. The summed E-state index contributed by atoms with van der Waals surface area (Å²) in [5.74, 6) is 1.21. The van der Waals surface area contributed by atoms with Crippen LogP contribution in [0.3, 0.4) is 0 Å².